The first kappa shape index (κ1) is 20.4. The lowest BCUT2D eigenvalue weighted by atomic mass is 10.2. The number of hydrogen-bond donors (Lipinski definition) is 1. The molecule has 1 N–H and O–H groups in total. The van der Waals surface area contributed by atoms with E-state index in [1.54, 1.807) is 0 Å². The number of guanidine groups is 1. The van der Waals surface area contributed by atoms with Crippen molar-refractivity contribution in [1.29, 1.82) is 0 Å². The van der Waals surface area contributed by atoms with Gasteiger partial charge in [0.25, 0.3) is 0 Å². The Labute approximate surface area is 169 Å². The number of rotatable bonds is 7. The average Bonchev–Trinajstić information content (AvgIpc) is 3.11. The SMILES string of the molecule is CN=C(NCCN1CCN(Cc2ccccc2)CC1)N(C)Cc1cccn1C. The zero-order valence-corrected chi connectivity index (χ0v) is 17.5. The van der Waals surface area contributed by atoms with E-state index in [4.69, 9.17) is 0 Å². The van der Waals surface area contributed by atoms with Crippen LogP contribution in [0.5, 0.6) is 0 Å². The Kier molecular flexibility index (Phi) is 7.51. The van der Waals surface area contributed by atoms with Gasteiger partial charge in [0.05, 0.1) is 6.54 Å². The van der Waals surface area contributed by atoms with Crippen molar-refractivity contribution in [2.24, 2.45) is 12.0 Å². The molecule has 1 saturated heterocycles. The van der Waals surface area contributed by atoms with Gasteiger partial charge in [0, 0.05) is 78.8 Å². The fourth-order valence-electron chi connectivity index (χ4n) is 3.70. The summed E-state index contributed by atoms with van der Waals surface area (Å²) in [6.45, 7) is 8.41. The minimum absolute atomic E-state index is 0.849. The molecule has 1 fully saturated rings. The number of piperazine rings is 1. The highest BCUT2D eigenvalue weighted by atomic mass is 15.3. The van der Waals surface area contributed by atoms with Crippen LogP contribution in [0.15, 0.2) is 53.7 Å². The van der Waals surface area contributed by atoms with Crippen LogP contribution in [0.25, 0.3) is 0 Å². The van der Waals surface area contributed by atoms with E-state index in [2.05, 4.69) is 92.3 Å². The Morgan fingerprint density at radius 2 is 1.75 bits per heavy atom. The van der Waals surface area contributed by atoms with Crippen LogP contribution >= 0.6 is 0 Å². The molecule has 152 valence electrons. The Hall–Kier alpha value is -2.31. The molecule has 6 heteroatoms. The predicted molar refractivity (Wildman–Crippen MR) is 116 cm³/mol. The minimum Gasteiger partial charge on any atom is -0.355 e. The lowest BCUT2D eigenvalue weighted by Crippen LogP contribution is -2.49. The second kappa shape index (κ2) is 10.3. The molecule has 0 radical (unpaired) electrons. The average molecular weight is 383 g/mol. The molecule has 0 aliphatic carbocycles. The van der Waals surface area contributed by atoms with Gasteiger partial charge in [0.1, 0.15) is 0 Å². The molecule has 0 unspecified atom stereocenters. The van der Waals surface area contributed by atoms with Gasteiger partial charge in [-0.2, -0.15) is 0 Å². The molecule has 3 rings (SSSR count). The van der Waals surface area contributed by atoms with Gasteiger partial charge in [0.15, 0.2) is 5.96 Å². The van der Waals surface area contributed by atoms with Crippen LogP contribution < -0.4 is 5.32 Å². The van der Waals surface area contributed by atoms with Crippen LogP contribution in [0.2, 0.25) is 0 Å². The monoisotopic (exact) mass is 382 g/mol. The zero-order chi connectivity index (χ0) is 19.8. The lowest BCUT2D eigenvalue weighted by Gasteiger charge is -2.35. The first-order chi connectivity index (χ1) is 13.7. The Balaban J connectivity index is 1.36. The van der Waals surface area contributed by atoms with Crippen molar-refractivity contribution in [2.75, 3.05) is 53.4 Å². The summed E-state index contributed by atoms with van der Waals surface area (Å²) in [7, 11) is 6.02. The van der Waals surface area contributed by atoms with Crippen molar-refractivity contribution in [2.45, 2.75) is 13.1 Å². The van der Waals surface area contributed by atoms with Gasteiger partial charge in [-0.25, -0.2) is 0 Å². The molecule has 0 saturated carbocycles. The summed E-state index contributed by atoms with van der Waals surface area (Å²) in [6.07, 6.45) is 2.08. The molecular formula is C22H34N6. The van der Waals surface area contributed by atoms with E-state index in [0.29, 0.717) is 0 Å². The van der Waals surface area contributed by atoms with Gasteiger partial charge < -0.3 is 14.8 Å². The van der Waals surface area contributed by atoms with E-state index < -0.39 is 0 Å². The van der Waals surface area contributed by atoms with Crippen LogP contribution in [0.1, 0.15) is 11.3 Å². The molecule has 6 nitrogen and oxygen atoms in total. The smallest absolute Gasteiger partial charge is 0.193 e. The maximum absolute atomic E-state index is 4.44. The summed E-state index contributed by atoms with van der Waals surface area (Å²) in [5, 5.41) is 3.51. The van der Waals surface area contributed by atoms with Gasteiger partial charge >= 0.3 is 0 Å². The second-order valence-electron chi connectivity index (χ2n) is 7.54. The summed E-state index contributed by atoms with van der Waals surface area (Å²) in [6, 6.07) is 15.0. The molecular weight excluding hydrogens is 348 g/mol. The van der Waals surface area contributed by atoms with Gasteiger partial charge in [0.2, 0.25) is 0 Å². The van der Waals surface area contributed by atoms with Crippen molar-refractivity contribution in [3.63, 3.8) is 0 Å². The number of benzene rings is 1. The summed E-state index contributed by atoms with van der Waals surface area (Å²) in [4.78, 5) is 11.7. The van der Waals surface area contributed by atoms with Crippen LogP contribution in [0.3, 0.4) is 0 Å². The summed E-state index contributed by atoms with van der Waals surface area (Å²) in [5.41, 5.74) is 2.68. The van der Waals surface area contributed by atoms with Gasteiger partial charge in [-0.05, 0) is 17.7 Å². The number of aryl methyl sites for hydroxylation is 1. The van der Waals surface area contributed by atoms with Gasteiger partial charge in [-0.3, -0.25) is 14.8 Å². The summed E-state index contributed by atoms with van der Waals surface area (Å²) < 4.78 is 2.15. The van der Waals surface area contributed by atoms with Crippen LogP contribution in [0.4, 0.5) is 0 Å². The Morgan fingerprint density at radius 1 is 1.04 bits per heavy atom. The number of aromatic nitrogens is 1. The first-order valence-corrected chi connectivity index (χ1v) is 10.2. The number of hydrogen-bond acceptors (Lipinski definition) is 3. The molecule has 0 atom stereocenters. The second-order valence-corrected chi connectivity index (χ2v) is 7.54. The van der Waals surface area contributed by atoms with Crippen LogP contribution in [0, 0.1) is 0 Å². The molecule has 2 heterocycles. The first-order valence-electron chi connectivity index (χ1n) is 10.2. The number of nitrogens with zero attached hydrogens (tertiary/aromatic N) is 5. The molecule has 0 bridgehead atoms. The van der Waals surface area contributed by atoms with Crippen LogP contribution in [-0.4, -0.2) is 78.6 Å². The molecule has 0 amide bonds. The highest BCUT2D eigenvalue weighted by molar-refractivity contribution is 5.79. The third-order valence-electron chi connectivity index (χ3n) is 5.45. The number of nitrogens with one attached hydrogen (secondary N) is 1. The quantitative estimate of drug-likeness (QED) is 0.586. The third kappa shape index (κ3) is 5.84. The van der Waals surface area contributed by atoms with Gasteiger partial charge in [-0.1, -0.05) is 30.3 Å². The normalized spacial score (nSPS) is 16.3. The van der Waals surface area contributed by atoms with E-state index in [0.717, 1.165) is 58.3 Å². The Bertz CT molecular complexity index is 730. The van der Waals surface area contributed by atoms with E-state index in [9.17, 15) is 0 Å². The fourth-order valence-corrected chi connectivity index (χ4v) is 3.70. The largest absolute Gasteiger partial charge is 0.355 e. The van der Waals surface area contributed by atoms with Crippen molar-refractivity contribution in [3.8, 4) is 0 Å². The summed E-state index contributed by atoms with van der Waals surface area (Å²) >= 11 is 0. The highest BCUT2D eigenvalue weighted by Gasteiger charge is 2.17. The standard InChI is InChI=1S/C22H34N6/c1-23-22(26(3)19-21-10-7-12-25(21)2)24-11-13-27-14-16-28(17-15-27)18-20-8-5-4-6-9-20/h4-10,12H,11,13-19H2,1-3H3,(H,23,24). The van der Waals surface area contributed by atoms with Crippen molar-refractivity contribution in [3.05, 3.63) is 59.9 Å². The van der Waals surface area contributed by atoms with Gasteiger partial charge in [-0.15, -0.1) is 0 Å². The van der Waals surface area contributed by atoms with E-state index in [-0.39, 0.29) is 0 Å². The Morgan fingerprint density at radius 3 is 2.39 bits per heavy atom. The minimum atomic E-state index is 0.849. The molecule has 1 aromatic heterocycles. The van der Waals surface area contributed by atoms with Crippen molar-refractivity contribution in [1.82, 2.24) is 24.6 Å². The van der Waals surface area contributed by atoms with Crippen molar-refractivity contribution >= 4 is 5.96 Å². The topological polar surface area (TPSA) is 39.0 Å². The zero-order valence-electron chi connectivity index (χ0n) is 17.5. The maximum atomic E-state index is 4.44. The molecule has 2 aromatic rings. The van der Waals surface area contributed by atoms with E-state index in [1.165, 1.54) is 11.3 Å². The third-order valence-corrected chi connectivity index (χ3v) is 5.45. The summed E-state index contributed by atoms with van der Waals surface area (Å²) in [5.74, 6) is 0.948. The fraction of sp³-hybridized carbons (Fsp3) is 0.500. The lowest BCUT2D eigenvalue weighted by molar-refractivity contribution is 0.128. The van der Waals surface area contributed by atoms with E-state index >= 15 is 0 Å². The predicted octanol–water partition coefficient (Wildman–Crippen LogP) is 1.85. The molecule has 0 spiro atoms. The van der Waals surface area contributed by atoms with E-state index in [1.807, 2.05) is 7.05 Å². The molecule has 1 aliphatic heterocycles. The molecule has 28 heavy (non-hydrogen) atoms. The molecule has 1 aliphatic rings. The molecule has 1 aromatic carbocycles. The number of aliphatic imine (C=N–C) groups is 1. The highest BCUT2D eigenvalue weighted by Crippen LogP contribution is 2.08. The van der Waals surface area contributed by atoms with Crippen LogP contribution in [-0.2, 0) is 20.1 Å². The van der Waals surface area contributed by atoms with Crippen molar-refractivity contribution < 1.29 is 0 Å². The maximum Gasteiger partial charge on any atom is 0.193 e.